The number of rotatable bonds is 5. The smallest absolute Gasteiger partial charge is 0.247 e. The molecule has 0 radical (unpaired) electrons. The molecular formula is C28H30N4O2. The summed E-state index contributed by atoms with van der Waals surface area (Å²) >= 11 is 0. The Morgan fingerprint density at radius 3 is 2.26 bits per heavy atom. The number of carbonyl (C=O) groups excluding carboxylic acids is 2. The highest BCUT2D eigenvalue weighted by Gasteiger charge is 2.50. The predicted octanol–water partition coefficient (Wildman–Crippen LogP) is 3.91. The van der Waals surface area contributed by atoms with Crippen molar-refractivity contribution in [3.8, 4) is 0 Å². The first kappa shape index (κ1) is 22.3. The number of nitrogens with zero attached hydrogens (tertiary/aromatic N) is 2. The van der Waals surface area contributed by atoms with E-state index in [1.807, 2.05) is 74.5 Å². The summed E-state index contributed by atoms with van der Waals surface area (Å²) < 4.78 is 0. The summed E-state index contributed by atoms with van der Waals surface area (Å²) in [6.07, 6.45) is 0. The molecule has 2 N–H and O–H groups in total. The summed E-state index contributed by atoms with van der Waals surface area (Å²) in [4.78, 5) is 29.3. The SMILES string of the molecule is Cc1cc(C)cc(NC(=O)C2CN(Cc3ccccc3)CC3C(=O)N(c4ccccc4)NC23)c1. The van der Waals surface area contributed by atoms with Crippen molar-refractivity contribution < 1.29 is 9.59 Å². The third kappa shape index (κ3) is 4.60. The molecule has 3 unspecified atom stereocenters. The van der Waals surface area contributed by atoms with Gasteiger partial charge in [-0.2, -0.15) is 0 Å². The number of piperidine rings is 1. The molecule has 2 amide bonds. The van der Waals surface area contributed by atoms with Gasteiger partial charge in [0.05, 0.1) is 23.6 Å². The van der Waals surface area contributed by atoms with E-state index in [1.54, 1.807) is 5.01 Å². The first-order valence-electron chi connectivity index (χ1n) is 11.8. The molecule has 0 spiro atoms. The number of carbonyl (C=O) groups is 2. The molecule has 6 heteroatoms. The number of amides is 2. The standard InChI is InChI=1S/C28H30N4O2/c1-19-13-20(2)15-22(14-19)29-27(33)24-17-31(16-21-9-5-3-6-10-21)18-25-26(24)30-32(28(25)34)23-11-7-4-8-12-23/h3-15,24-26,30H,16-18H2,1-2H3,(H,29,33). The highest BCUT2D eigenvalue weighted by atomic mass is 16.2. The van der Waals surface area contributed by atoms with Gasteiger partial charge in [-0.1, -0.05) is 54.6 Å². The van der Waals surface area contributed by atoms with Crippen molar-refractivity contribution in [1.82, 2.24) is 10.3 Å². The second-order valence-corrected chi connectivity index (χ2v) is 9.42. The molecule has 0 bridgehead atoms. The summed E-state index contributed by atoms with van der Waals surface area (Å²) in [5, 5.41) is 4.75. The molecule has 0 aliphatic carbocycles. The van der Waals surface area contributed by atoms with Crippen LogP contribution >= 0.6 is 0 Å². The number of hydrogen-bond acceptors (Lipinski definition) is 4. The van der Waals surface area contributed by atoms with Crippen molar-refractivity contribution in [2.24, 2.45) is 11.8 Å². The number of hydrogen-bond donors (Lipinski definition) is 2. The van der Waals surface area contributed by atoms with E-state index >= 15 is 0 Å². The Kier molecular flexibility index (Phi) is 6.18. The van der Waals surface area contributed by atoms with Crippen molar-refractivity contribution in [1.29, 1.82) is 0 Å². The molecule has 2 fully saturated rings. The highest BCUT2D eigenvalue weighted by molar-refractivity contribution is 6.00. The van der Waals surface area contributed by atoms with E-state index in [4.69, 9.17) is 0 Å². The van der Waals surface area contributed by atoms with Crippen LogP contribution in [0.3, 0.4) is 0 Å². The van der Waals surface area contributed by atoms with Gasteiger partial charge in [0.1, 0.15) is 0 Å². The van der Waals surface area contributed by atoms with Crippen LogP contribution < -0.4 is 15.8 Å². The Morgan fingerprint density at radius 1 is 0.941 bits per heavy atom. The Hall–Kier alpha value is -3.48. The van der Waals surface area contributed by atoms with Gasteiger partial charge >= 0.3 is 0 Å². The fraction of sp³-hybridized carbons (Fsp3) is 0.286. The lowest BCUT2D eigenvalue weighted by molar-refractivity contribution is -0.126. The molecule has 0 saturated carbocycles. The molecular weight excluding hydrogens is 424 g/mol. The number of fused-ring (bicyclic) bond motifs is 1. The second kappa shape index (κ2) is 9.41. The molecule has 3 aromatic rings. The number of aryl methyl sites for hydroxylation is 2. The summed E-state index contributed by atoms with van der Waals surface area (Å²) in [6.45, 7) is 5.94. The number of para-hydroxylation sites is 1. The number of nitrogens with one attached hydrogen (secondary N) is 2. The Labute approximate surface area is 200 Å². The van der Waals surface area contributed by atoms with Crippen LogP contribution in [0.2, 0.25) is 0 Å². The summed E-state index contributed by atoms with van der Waals surface area (Å²) in [7, 11) is 0. The zero-order valence-corrected chi connectivity index (χ0v) is 19.6. The molecule has 5 rings (SSSR count). The van der Waals surface area contributed by atoms with Gasteiger partial charge in [-0.25, -0.2) is 10.4 Å². The van der Waals surface area contributed by atoms with Gasteiger partial charge in [-0.05, 0) is 54.8 Å². The molecule has 34 heavy (non-hydrogen) atoms. The molecule has 3 aromatic carbocycles. The average molecular weight is 455 g/mol. The fourth-order valence-corrected chi connectivity index (χ4v) is 5.21. The monoisotopic (exact) mass is 454 g/mol. The van der Waals surface area contributed by atoms with Crippen molar-refractivity contribution in [3.05, 3.63) is 95.6 Å². The fourth-order valence-electron chi connectivity index (χ4n) is 5.21. The van der Waals surface area contributed by atoms with Crippen LogP contribution in [0.4, 0.5) is 11.4 Å². The van der Waals surface area contributed by atoms with Gasteiger partial charge in [0, 0.05) is 25.3 Å². The van der Waals surface area contributed by atoms with Crippen LogP contribution in [0.1, 0.15) is 16.7 Å². The molecule has 2 heterocycles. The van der Waals surface area contributed by atoms with Crippen molar-refractivity contribution in [2.75, 3.05) is 23.4 Å². The zero-order chi connectivity index (χ0) is 23.7. The lowest BCUT2D eigenvalue weighted by Crippen LogP contribution is -2.55. The minimum atomic E-state index is -0.374. The van der Waals surface area contributed by atoms with E-state index in [1.165, 1.54) is 5.56 Å². The van der Waals surface area contributed by atoms with Crippen molar-refractivity contribution in [2.45, 2.75) is 26.4 Å². The largest absolute Gasteiger partial charge is 0.326 e. The van der Waals surface area contributed by atoms with E-state index in [0.717, 1.165) is 22.5 Å². The van der Waals surface area contributed by atoms with Gasteiger partial charge in [-0.15, -0.1) is 0 Å². The first-order valence-corrected chi connectivity index (χ1v) is 11.8. The summed E-state index contributed by atoms with van der Waals surface area (Å²) in [5.41, 5.74) is 8.35. The third-order valence-corrected chi connectivity index (χ3v) is 6.68. The van der Waals surface area contributed by atoms with Gasteiger partial charge in [-0.3, -0.25) is 14.5 Å². The van der Waals surface area contributed by atoms with Gasteiger partial charge in [0.2, 0.25) is 11.8 Å². The topological polar surface area (TPSA) is 64.7 Å². The Balaban J connectivity index is 1.42. The van der Waals surface area contributed by atoms with Crippen molar-refractivity contribution >= 4 is 23.2 Å². The maximum Gasteiger partial charge on any atom is 0.247 e. The zero-order valence-electron chi connectivity index (χ0n) is 19.6. The number of anilines is 2. The molecule has 2 aliphatic rings. The molecule has 174 valence electrons. The highest BCUT2D eigenvalue weighted by Crippen LogP contribution is 2.33. The summed E-state index contributed by atoms with van der Waals surface area (Å²) in [6, 6.07) is 25.6. The van der Waals surface area contributed by atoms with Crippen LogP contribution in [-0.4, -0.2) is 35.8 Å². The minimum Gasteiger partial charge on any atom is -0.326 e. The molecule has 2 saturated heterocycles. The Morgan fingerprint density at radius 2 is 1.59 bits per heavy atom. The first-order chi connectivity index (χ1) is 16.5. The van der Waals surface area contributed by atoms with Crippen LogP contribution in [0.25, 0.3) is 0 Å². The molecule has 2 aliphatic heterocycles. The van der Waals surface area contributed by atoms with E-state index < -0.39 is 0 Å². The van der Waals surface area contributed by atoms with Crippen LogP contribution in [0.15, 0.2) is 78.9 Å². The molecule has 3 atom stereocenters. The predicted molar refractivity (Wildman–Crippen MR) is 134 cm³/mol. The van der Waals surface area contributed by atoms with Crippen LogP contribution in [0.5, 0.6) is 0 Å². The minimum absolute atomic E-state index is 0.0122. The van der Waals surface area contributed by atoms with E-state index in [0.29, 0.717) is 19.6 Å². The third-order valence-electron chi connectivity index (χ3n) is 6.68. The maximum atomic E-state index is 13.6. The van der Waals surface area contributed by atoms with Gasteiger partial charge < -0.3 is 5.32 Å². The lowest BCUT2D eigenvalue weighted by atomic mass is 9.83. The Bertz CT molecular complexity index is 1160. The van der Waals surface area contributed by atoms with Gasteiger partial charge in [0.25, 0.3) is 0 Å². The molecule has 0 aromatic heterocycles. The number of hydrazine groups is 1. The normalized spacial score (nSPS) is 22.5. The van der Waals surface area contributed by atoms with Crippen LogP contribution in [0, 0.1) is 25.7 Å². The molecule has 6 nitrogen and oxygen atoms in total. The van der Waals surface area contributed by atoms with Crippen molar-refractivity contribution in [3.63, 3.8) is 0 Å². The lowest BCUT2D eigenvalue weighted by Gasteiger charge is -2.38. The van der Waals surface area contributed by atoms with Gasteiger partial charge in [0.15, 0.2) is 0 Å². The summed E-state index contributed by atoms with van der Waals surface area (Å²) in [5.74, 6) is -0.722. The average Bonchev–Trinajstić information content (AvgIpc) is 3.15. The second-order valence-electron chi connectivity index (χ2n) is 9.42. The quantitative estimate of drug-likeness (QED) is 0.614. The van der Waals surface area contributed by atoms with Crippen LogP contribution in [-0.2, 0) is 16.1 Å². The van der Waals surface area contributed by atoms with E-state index in [2.05, 4.69) is 33.8 Å². The van der Waals surface area contributed by atoms with E-state index in [9.17, 15) is 9.59 Å². The number of likely N-dealkylation sites (tertiary alicyclic amines) is 1. The maximum absolute atomic E-state index is 13.6. The number of benzene rings is 3. The van der Waals surface area contributed by atoms with E-state index in [-0.39, 0.29) is 29.7 Å².